The van der Waals surface area contributed by atoms with Crippen LogP contribution < -0.4 is 5.32 Å². The van der Waals surface area contributed by atoms with Crippen molar-refractivity contribution in [2.75, 3.05) is 0 Å². The quantitative estimate of drug-likeness (QED) is 0.662. The van der Waals surface area contributed by atoms with E-state index in [1.165, 1.54) is 17.4 Å². The molecule has 2 heterocycles. The van der Waals surface area contributed by atoms with E-state index in [1.807, 2.05) is 6.92 Å². The molecule has 0 saturated carbocycles. The number of thiophene rings is 1. The Hall–Kier alpha value is -1.64. The standard InChI is InChI=1S/C15H10ClF3N2OS2/c1-7-20-5-9(23-7)6-21-14(22)13-12(16)10-3-2-8(15(17,18)19)4-11(10)24-13/h2-5H,6H2,1H3,(H,21,22). The van der Waals surface area contributed by atoms with Crippen LogP contribution in [-0.2, 0) is 12.7 Å². The van der Waals surface area contributed by atoms with Gasteiger partial charge in [-0.15, -0.1) is 22.7 Å². The third-order valence-electron chi connectivity index (χ3n) is 3.26. The van der Waals surface area contributed by atoms with Gasteiger partial charge in [-0.2, -0.15) is 13.2 Å². The second kappa shape index (κ2) is 6.34. The smallest absolute Gasteiger partial charge is 0.346 e. The number of nitrogens with one attached hydrogen (secondary N) is 1. The molecule has 0 radical (unpaired) electrons. The predicted octanol–water partition coefficient (Wildman–Crippen LogP) is 5.27. The van der Waals surface area contributed by atoms with Crippen LogP contribution in [0.25, 0.3) is 10.1 Å². The first-order chi connectivity index (χ1) is 11.3. The molecule has 3 aromatic rings. The summed E-state index contributed by atoms with van der Waals surface area (Å²) >= 11 is 8.57. The van der Waals surface area contributed by atoms with E-state index in [0.29, 0.717) is 16.6 Å². The van der Waals surface area contributed by atoms with Crippen LogP contribution in [0.15, 0.2) is 24.4 Å². The number of thiazole rings is 1. The molecule has 3 rings (SSSR count). The van der Waals surface area contributed by atoms with Gasteiger partial charge in [0.25, 0.3) is 5.91 Å². The molecule has 1 aromatic carbocycles. The number of carbonyl (C=O) groups is 1. The summed E-state index contributed by atoms with van der Waals surface area (Å²) in [5.74, 6) is -0.416. The van der Waals surface area contributed by atoms with Gasteiger partial charge in [0.2, 0.25) is 0 Å². The summed E-state index contributed by atoms with van der Waals surface area (Å²) in [7, 11) is 0. The van der Waals surface area contributed by atoms with Gasteiger partial charge < -0.3 is 5.32 Å². The number of hydrogen-bond acceptors (Lipinski definition) is 4. The highest BCUT2D eigenvalue weighted by atomic mass is 35.5. The number of hydrogen-bond donors (Lipinski definition) is 1. The zero-order chi connectivity index (χ0) is 17.5. The summed E-state index contributed by atoms with van der Waals surface area (Å²) < 4.78 is 38.7. The molecule has 0 aliphatic rings. The summed E-state index contributed by atoms with van der Waals surface area (Å²) in [6, 6.07) is 3.26. The molecule has 1 amide bonds. The van der Waals surface area contributed by atoms with Crippen molar-refractivity contribution in [1.29, 1.82) is 0 Å². The first-order valence-corrected chi connectivity index (χ1v) is 8.75. The van der Waals surface area contributed by atoms with Gasteiger partial charge in [-0.25, -0.2) is 4.98 Å². The number of rotatable bonds is 3. The fourth-order valence-corrected chi connectivity index (χ4v) is 4.33. The summed E-state index contributed by atoms with van der Waals surface area (Å²) in [5, 5.41) is 4.20. The minimum Gasteiger partial charge on any atom is -0.346 e. The van der Waals surface area contributed by atoms with Gasteiger partial charge in [0.05, 0.1) is 22.1 Å². The second-order valence-electron chi connectivity index (χ2n) is 4.98. The molecule has 3 nitrogen and oxygen atoms in total. The predicted molar refractivity (Wildman–Crippen MR) is 89.9 cm³/mol. The largest absolute Gasteiger partial charge is 0.416 e. The molecule has 0 fully saturated rings. The maximum Gasteiger partial charge on any atom is 0.416 e. The molecule has 0 aliphatic heterocycles. The lowest BCUT2D eigenvalue weighted by atomic mass is 10.1. The third-order valence-corrected chi connectivity index (χ3v) is 5.82. The monoisotopic (exact) mass is 390 g/mol. The molecule has 0 unspecified atom stereocenters. The molecular weight excluding hydrogens is 381 g/mol. The average Bonchev–Trinajstić information content (AvgIpc) is 3.07. The fourth-order valence-electron chi connectivity index (χ4n) is 2.12. The van der Waals surface area contributed by atoms with E-state index >= 15 is 0 Å². The van der Waals surface area contributed by atoms with Crippen molar-refractivity contribution in [3.05, 3.63) is 49.7 Å². The average molecular weight is 391 g/mol. The zero-order valence-electron chi connectivity index (χ0n) is 12.2. The van der Waals surface area contributed by atoms with Crippen molar-refractivity contribution in [1.82, 2.24) is 10.3 Å². The lowest BCUT2D eigenvalue weighted by molar-refractivity contribution is -0.137. The molecule has 126 valence electrons. The Morgan fingerprint density at radius 2 is 2.08 bits per heavy atom. The summed E-state index contributed by atoms with van der Waals surface area (Å²) in [6.07, 6.45) is -2.76. The number of alkyl halides is 3. The molecule has 9 heteroatoms. The van der Waals surface area contributed by atoms with Gasteiger partial charge >= 0.3 is 6.18 Å². The molecular formula is C15H10ClF3N2OS2. The van der Waals surface area contributed by atoms with Gasteiger partial charge in [-0.3, -0.25) is 4.79 Å². The van der Waals surface area contributed by atoms with E-state index in [-0.39, 0.29) is 9.90 Å². The van der Waals surface area contributed by atoms with Crippen LogP contribution in [0.4, 0.5) is 13.2 Å². The van der Waals surface area contributed by atoms with Crippen molar-refractivity contribution in [2.45, 2.75) is 19.6 Å². The zero-order valence-corrected chi connectivity index (χ0v) is 14.6. The molecule has 1 N–H and O–H groups in total. The maximum absolute atomic E-state index is 12.8. The number of carbonyl (C=O) groups excluding carboxylic acids is 1. The lowest BCUT2D eigenvalue weighted by Gasteiger charge is -2.05. The van der Waals surface area contributed by atoms with Crippen LogP contribution in [0.2, 0.25) is 5.02 Å². The van der Waals surface area contributed by atoms with Crippen molar-refractivity contribution in [2.24, 2.45) is 0 Å². The summed E-state index contributed by atoms with van der Waals surface area (Å²) in [5.41, 5.74) is -0.764. The van der Waals surface area contributed by atoms with Crippen molar-refractivity contribution in [3.8, 4) is 0 Å². The van der Waals surface area contributed by atoms with Crippen LogP contribution in [0, 0.1) is 6.92 Å². The van der Waals surface area contributed by atoms with Gasteiger partial charge in [-0.1, -0.05) is 17.7 Å². The highest BCUT2D eigenvalue weighted by Crippen LogP contribution is 2.39. The van der Waals surface area contributed by atoms with E-state index in [2.05, 4.69) is 10.3 Å². The Morgan fingerprint density at radius 1 is 1.33 bits per heavy atom. The van der Waals surface area contributed by atoms with Crippen molar-refractivity contribution in [3.63, 3.8) is 0 Å². The molecule has 0 bridgehead atoms. The number of benzene rings is 1. The highest BCUT2D eigenvalue weighted by molar-refractivity contribution is 7.21. The van der Waals surface area contributed by atoms with E-state index in [1.54, 1.807) is 6.20 Å². The Morgan fingerprint density at radius 3 is 2.71 bits per heavy atom. The van der Waals surface area contributed by atoms with E-state index in [4.69, 9.17) is 11.6 Å². The van der Waals surface area contributed by atoms with Gasteiger partial charge in [-0.05, 0) is 19.1 Å². The molecule has 2 aromatic heterocycles. The number of aryl methyl sites for hydroxylation is 1. The van der Waals surface area contributed by atoms with Crippen molar-refractivity contribution >= 4 is 50.3 Å². The van der Waals surface area contributed by atoms with Gasteiger partial charge in [0, 0.05) is 21.2 Å². The Kier molecular flexibility index (Phi) is 4.54. The summed E-state index contributed by atoms with van der Waals surface area (Å²) in [4.78, 5) is 17.5. The highest BCUT2D eigenvalue weighted by Gasteiger charge is 2.31. The first-order valence-electron chi connectivity index (χ1n) is 6.74. The molecule has 0 saturated heterocycles. The Bertz CT molecular complexity index is 917. The topological polar surface area (TPSA) is 42.0 Å². The first kappa shape index (κ1) is 17.2. The number of fused-ring (bicyclic) bond motifs is 1. The molecule has 0 aliphatic carbocycles. The maximum atomic E-state index is 12.8. The minimum absolute atomic E-state index is 0.168. The molecule has 24 heavy (non-hydrogen) atoms. The number of halogens is 4. The van der Waals surface area contributed by atoms with Crippen molar-refractivity contribution < 1.29 is 18.0 Å². The second-order valence-corrected chi connectivity index (χ2v) is 7.73. The van der Waals surface area contributed by atoms with E-state index in [0.717, 1.165) is 33.4 Å². The minimum atomic E-state index is -4.43. The number of aromatic nitrogens is 1. The van der Waals surface area contributed by atoms with Crippen LogP contribution >= 0.6 is 34.3 Å². The van der Waals surface area contributed by atoms with Crippen LogP contribution in [0.3, 0.4) is 0 Å². The lowest BCUT2D eigenvalue weighted by Crippen LogP contribution is -2.21. The summed E-state index contributed by atoms with van der Waals surface area (Å²) in [6.45, 7) is 2.15. The van der Waals surface area contributed by atoms with E-state index in [9.17, 15) is 18.0 Å². The van der Waals surface area contributed by atoms with Crippen LogP contribution in [0.5, 0.6) is 0 Å². The molecule has 0 spiro atoms. The number of nitrogens with zero attached hydrogens (tertiary/aromatic N) is 1. The van der Waals surface area contributed by atoms with E-state index < -0.39 is 17.6 Å². The fraction of sp³-hybridized carbons (Fsp3) is 0.200. The van der Waals surface area contributed by atoms with Gasteiger partial charge in [0.15, 0.2) is 0 Å². The third kappa shape index (κ3) is 3.40. The Labute approximate surface area is 148 Å². The van der Waals surface area contributed by atoms with Crippen LogP contribution in [-0.4, -0.2) is 10.9 Å². The SMILES string of the molecule is Cc1ncc(CNC(=O)c2sc3cc(C(F)(F)F)ccc3c2Cl)s1. The normalized spacial score (nSPS) is 11.9. The number of amides is 1. The van der Waals surface area contributed by atoms with Gasteiger partial charge in [0.1, 0.15) is 4.88 Å². The molecule has 0 atom stereocenters. The Balaban J connectivity index is 1.86. The van der Waals surface area contributed by atoms with Crippen LogP contribution in [0.1, 0.15) is 25.1 Å².